The lowest BCUT2D eigenvalue weighted by molar-refractivity contribution is 0.283. The van der Waals surface area contributed by atoms with Crippen molar-refractivity contribution in [3.63, 3.8) is 0 Å². The third-order valence-corrected chi connectivity index (χ3v) is 4.94. The van der Waals surface area contributed by atoms with Crippen LogP contribution in [0.25, 0.3) is 10.1 Å². The summed E-state index contributed by atoms with van der Waals surface area (Å²) in [5.41, 5.74) is 1.46. The minimum absolute atomic E-state index is 0.461. The summed E-state index contributed by atoms with van der Waals surface area (Å²) in [7, 11) is 0. The van der Waals surface area contributed by atoms with Gasteiger partial charge < -0.3 is 10.2 Å². The Morgan fingerprint density at radius 3 is 2.65 bits per heavy atom. The second kappa shape index (κ2) is 7.77. The van der Waals surface area contributed by atoms with E-state index in [4.69, 9.17) is 0 Å². The van der Waals surface area contributed by atoms with Gasteiger partial charge in [0, 0.05) is 10.7 Å². The highest BCUT2D eigenvalue weighted by molar-refractivity contribution is 7.17. The van der Waals surface area contributed by atoms with Crippen molar-refractivity contribution in [2.24, 2.45) is 0 Å². The predicted molar refractivity (Wildman–Crippen MR) is 90.6 cm³/mol. The molecule has 1 N–H and O–H groups in total. The third-order valence-electron chi connectivity index (χ3n) is 3.96. The Balaban J connectivity index is 2.17. The maximum atomic E-state index is 3.66. The Kier molecular flexibility index (Phi) is 6.02. The predicted octanol–water partition coefficient (Wildman–Crippen LogP) is 4.28. The molecule has 1 aromatic heterocycles. The van der Waals surface area contributed by atoms with Gasteiger partial charge in [0.1, 0.15) is 0 Å². The molecule has 3 heteroatoms. The van der Waals surface area contributed by atoms with E-state index in [2.05, 4.69) is 60.6 Å². The molecule has 110 valence electrons. The first kappa shape index (κ1) is 15.5. The summed E-state index contributed by atoms with van der Waals surface area (Å²) in [6, 6.07) is 9.36. The van der Waals surface area contributed by atoms with Gasteiger partial charge in [-0.25, -0.2) is 0 Å². The zero-order chi connectivity index (χ0) is 14.4. The van der Waals surface area contributed by atoms with Crippen LogP contribution in [0.5, 0.6) is 0 Å². The van der Waals surface area contributed by atoms with Crippen LogP contribution >= 0.6 is 11.3 Å². The van der Waals surface area contributed by atoms with Gasteiger partial charge in [0.05, 0.1) is 0 Å². The molecule has 0 aliphatic heterocycles. The number of nitrogens with one attached hydrogen (secondary N) is 1. The third kappa shape index (κ3) is 3.60. The molecule has 0 bridgehead atoms. The van der Waals surface area contributed by atoms with E-state index in [9.17, 15) is 0 Å². The molecule has 0 saturated heterocycles. The monoisotopic (exact) mass is 290 g/mol. The Bertz CT molecular complexity index is 516. The average molecular weight is 290 g/mol. The fourth-order valence-electron chi connectivity index (χ4n) is 2.76. The SMILES string of the molecule is CCNC(CCN(CC)CC)c1cccc2ccsc12. The number of rotatable bonds is 8. The van der Waals surface area contributed by atoms with Crippen LogP contribution in [-0.4, -0.2) is 31.1 Å². The van der Waals surface area contributed by atoms with E-state index >= 15 is 0 Å². The smallest absolute Gasteiger partial charge is 0.0390 e. The lowest BCUT2D eigenvalue weighted by Gasteiger charge is -2.24. The molecule has 0 spiro atoms. The summed E-state index contributed by atoms with van der Waals surface area (Å²) >= 11 is 1.86. The van der Waals surface area contributed by atoms with E-state index in [-0.39, 0.29) is 0 Å². The topological polar surface area (TPSA) is 15.3 Å². The van der Waals surface area contributed by atoms with E-state index in [0.29, 0.717) is 6.04 Å². The van der Waals surface area contributed by atoms with E-state index < -0.39 is 0 Å². The molecule has 2 rings (SSSR count). The number of hydrogen-bond donors (Lipinski definition) is 1. The number of benzene rings is 1. The second-order valence-electron chi connectivity index (χ2n) is 5.11. The summed E-state index contributed by atoms with van der Waals surface area (Å²) in [6.45, 7) is 11.1. The van der Waals surface area contributed by atoms with Crippen LogP contribution in [-0.2, 0) is 0 Å². The van der Waals surface area contributed by atoms with Gasteiger partial charge in [-0.15, -0.1) is 11.3 Å². The maximum Gasteiger partial charge on any atom is 0.0390 e. The molecule has 1 unspecified atom stereocenters. The Morgan fingerprint density at radius 1 is 1.15 bits per heavy atom. The van der Waals surface area contributed by atoms with Gasteiger partial charge in [0.15, 0.2) is 0 Å². The highest BCUT2D eigenvalue weighted by Gasteiger charge is 2.15. The first-order chi connectivity index (χ1) is 9.80. The van der Waals surface area contributed by atoms with E-state index in [1.807, 2.05) is 11.3 Å². The first-order valence-corrected chi connectivity index (χ1v) is 8.59. The van der Waals surface area contributed by atoms with Crippen LogP contribution in [0.3, 0.4) is 0 Å². The molecule has 0 amide bonds. The molecular formula is C17H26N2S. The number of hydrogen-bond acceptors (Lipinski definition) is 3. The van der Waals surface area contributed by atoms with Gasteiger partial charge in [-0.2, -0.15) is 0 Å². The van der Waals surface area contributed by atoms with Crippen molar-refractivity contribution in [1.82, 2.24) is 10.2 Å². The van der Waals surface area contributed by atoms with Crippen molar-refractivity contribution in [3.05, 3.63) is 35.2 Å². The number of fused-ring (bicyclic) bond motifs is 1. The Hall–Kier alpha value is -0.900. The van der Waals surface area contributed by atoms with Crippen molar-refractivity contribution in [1.29, 1.82) is 0 Å². The molecular weight excluding hydrogens is 264 g/mol. The van der Waals surface area contributed by atoms with Crippen molar-refractivity contribution in [3.8, 4) is 0 Å². The molecule has 0 saturated carbocycles. The fourth-order valence-corrected chi connectivity index (χ4v) is 3.73. The van der Waals surface area contributed by atoms with Crippen molar-refractivity contribution in [2.75, 3.05) is 26.2 Å². The standard InChI is InChI=1S/C17H26N2S/c1-4-18-16(10-12-19(5-2)6-3)15-9-7-8-14-11-13-20-17(14)15/h7-9,11,13,16,18H,4-6,10,12H2,1-3H3. The van der Waals surface area contributed by atoms with Crippen LogP contribution in [0.2, 0.25) is 0 Å². The first-order valence-electron chi connectivity index (χ1n) is 7.72. The minimum Gasteiger partial charge on any atom is -0.310 e. The van der Waals surface area contributed by atoms with E-state index in [1.165, 1.54) is 22.1 Å². The van der Waals surface area contributed by atoms with Crippen LogP contribution < -0.4 is 5.32 Å². The summed E-state index contributed by atoms with van der Waals surface area (Å²) in [6.07, 6.45) is 1.17. The van der Waals surface area contributed by atoms with E-state index in [0.717, 1.165) is 26.2 Å². The van der Waals surface area contributed by atoms with Crippen molar-refractivity contribution < 1.29 is 0 Å². The molecule has 20 heavy (non-hydrogen) atoms. The van der Waals surface area contributed by atoms with Gasteiger partial charge in [-0.1, -0.05) is 39.0 Å². The maximum absolute atomic E-state index is 3.66. The number of nitrogens with zero attached hydrogens (tertiary/aromatic N) is 1. The zero-order valence-corrected chi connectivity index (χ0v) is 13.7. The molecule has 0 aliphatic carbocycles. The molecule has 1 heterocycles. The Morgan fingerprint density at radius 2 is 1.95 bits per heavy atom. The van der Waals surface area contributed by atoms with Gasteiger partial charge >= 0.3 is 0 Å². The summed E-state index contributed by atoms with van der Waals surface area (Å²) in [5, 5.41) is 7.23. The summed E-state index contributed by atoms with van der Waals surface area (Å²) in [5.74, 6) is 0. The van der Waals surface area contributed by atoms with Crippen LogP contribution in [0, 0.1) is 0 Å². The normalized spacial score (nSPS) is 13.2. The summed E-state index contributed by atoms with van der Waals surface area (Å²) in [4.78, 5) is 2.50. The minimum atomic E-state index is 0.461. The fraction of sp³-hybridized carbons (Fsp3) is 0.529. The van der Waals surface area contributed by atoms with Crippen LogP contribution in [0.15, 0.2) is 29.6 Å². The van der Waals surface area contributed by atoms with Crippen molar-refractivity contribution >= 4 is 21.4 Å². The molecule has 1 aromatic carbocycles. The lowest BCUT2D eigenvalue weighted by atomic mass is 10.0. The van der Waals surface area contributed by atoms with Gasteiger partial charge in [-0.3, -0.25) is 0 Å². The quantitative estimate of drug-likeness (QED) is 0.780. The summed E-state index contributed by atoms with van der Waals surface area (Å²) < 4.78 is 1.44. The zero-order valence-electron chi connectivity index (χ0n) is 12.9. The molecule has 0 fully saturated rings. The Labute approximate surface area is 126 Å². The number of thiophene rings is 1. The molecule has 2 aromatic rings. The highest BCUT2D eigenvalue weighted by Crippen LogP contribution is 2.30. The molecule has 0 radical (unpaired) electrons. The molecule has 2 nitrogen and oxygen atoms in total. The van der Waals surface area contributed by atoms with Crippen LogP contribution in [0.4, 0.5) is 0 Å². The van der Waals surface area contributed by atoms with E-state index in [1.54, 1.807) is 0 Å². The van der Waals surface area contributed by atoms with Gasteiger partial charge in [0.2, 0.25) is 0 Å². The largest absolute Gasteiger partial charge is 0.310 e. The van der Waals surface area contributed by atoms with Crippen LogP contribution in [0.1, 0.15) is 38.8 Å². The van der Waals surface area contributed by atoms with Gasteiger partial charge in [0.25, 0.3) is 0 Å². The second-order valence-corrected chi connectivity index (χ2v) is 6.03. The van der Waals surface area contributed by atoms with Gasteiger partial charge in [-0.05, 0) is 55.0 Å². The molecule has 1 atom stereocenters. The molecule has 0 aliphatic rings. The lowest BCUT2D eigenvalue weighted by Crippen LogP contribution is -2.29. The average Bonchev–Trinajstić information content (AvgIpc) is 2.95. The highest BCUT2D eigenvalue weighted by atomic mass is 32.1. The van der Waals surface area contributed by atoms with Crippen molar-refractivity contribution in [2.45, 2.75) is 33.2 Å².